The van der Waals surface area contributed by atoms with Gasteiger partial charge in [-0.1, -0.05) is 26.8 Å². The second-order valence-corrected chi connectivity index (χ2v) is 11.2. The number of carbonyl (C=O) groups excluding carboxylic acids is 1. The predicted molar refractivity (Wildman–Crippen MR) is 138 cm³/mol. The number of nitrogens with one attached hydrogen (secondary N) is 1. The molecule has 1 aliphatic carbocycles. The molecule has 3 aromatic rings. The Bertz CT molecular complexity index is 1340. The van der Waals surface area contributed by atoms with Crippen molar-refractivity contribution in [1.29, 1.82) is 5.26 Å². The van der Waals surface area contributed by atoms with Gasteiger partial charge in [0.2, 0.25) is 0 Å². The fourth-order valence-corrected chi connectivity index (χ4v) is 5.77. The van der Waals surface area contributed by atoms with E-state index in [1.54, 1.807) is 6.07 Å². The molecule has 1 fully saturated rings. The van der Waals surface area contributed by atoms with Crippen molar-refractivity contribution in [2.75, 3.05) is 31.1 Å². The summed E-state index contributed by atoms with van der Waals surface area (Å²) in [5.41, 5.74) is 7.39. The van der Waals surface area contributed by atoms with Gasteiger partial charge in [-0.25, -0.2) is 0 Å². The first kappa shape index (κ1) is 22.7. The van der Waals surface area contributed by atoms with E-state index in [4.69, 9.17) is 0 Å². The van der Waals surface area contributed by atoms with Crippen LogP contribution in [0.5, 0.6) is 0 Å². The first-order chi connectivity index (χ1) is 16.1. The number of carbonyl (C=O) groups is 1. The second kappa shape index (κ2) is 7.71. The molecule has 1 N–H and O–H groups in total. The van der Waals surface area contributed by atoms with Gasteiger partial charge in [0.1, 0.15) is 0 Å². The van der Waals surface area contributed by atoms with Crippen LogP contribution in [0.3, 0.4) is 0 Å². The number of piperazine rings is 1. The Kier molecular flexibility index (Phi) is 5.15. The van der Waals surface area contributed by atoms with Crippen molar-refractivity contribution >= 4 is 22.4 Å². The number of nitrogens with zero attached hydrogens (tertiary/aromatic N) is 3. The van der Waals surface area contributed by atoms with E-state index in [9.17, 15) is 10.1 Å². The van der Waals surface area contributed by atoms with Crippen LogP contribution in [0.15, 0.2) is 30.3 Å². The highest BCUT2D eigenvalue weighted by molar-refractivity contribution is 6.20. The van der Waals surface area contributed by atoms with Gasteiger partial charge in [-0.2, -0.15) is 5.26 Å². The molecule has 2 heterocycles. The molecule has 0 saturated carbocycles. The van der Waals surface area contributed by atoms with Gasteiger partial charge in [-0.05, 0) is 62.6 Å². The number of benzene rings is 2. The predicted octanol–water partition coefficient (Wildman–Crippen LogP) is 5.39. The number of aromatic nitrogens is 1. The summed E-state index contributed by atoms with van der Waals surface area (Å²) in [6.45, 7) is 17.5. The Labute approximate surface area is 202 Å². The zero-order valence-electron chi connectivity index (χ0n) is 21.2. The van der Waals surface area contributed by atoms with Crippen LogP contribution in [0.25, 0.3) is 10.9 Å². The van der Waals surface area contributed by atoms with Crippen molar-refractivity contribution in [2.24, 2.45) is 0 Å². The molecule has 5 rings (SSSR count). The molecule has 5 heteroatoms. The number of H-pyrrole nitrogens is 1. The number of rotatable bonds is 2. The third-order valence-electron chi connectivity index (χ3n) is 7.87. The SMILES string of the molecule is CCc1cc2c(cc1N1CCN(C(C)(C)C)CC1)C(C)(C)c1[nH]c3cc(C#N)ccc3c1C2=O. The van der Waals surface area contributed by atoms with E-state index in [-0.39, 0.29) is 16.7 Å². The van der Waals surface area contributed by atoms with Gasteiger partial charge in [-0.3, -0.25) is 9.69 Å². The maximum atomic E-state index is 13.8. The minimum absolute atomic E-state index is 0.0825. The zero-order chi connectivity index (χ0) is 24.4. The number of aryl methyl sites for hydroxylation is 1. The molecular weight excluding hydrogens is 420 g/mol. The van der Waals surface area contributed by atoms with Crippen LogP contribution < -0.4 is 4.90 Å². The van der Waals surface area contributed by atoms with Crippen molar-refractivity contribution in [3.8, 4) is 6.07 Å². The number of fused-ring (bicyclic) bond motifs is 4. The second-order valence-electron chi connectivity index (χ2n) is 11.2. The van der Waals surface area contributed by atoms with Gasteiger partial charge in [0.15, 0.2) is 5.78 Å². The summed E-state index contributed by atoms with van der Waals surface area (Å²) in [4.78, 5) is 22.4. The van der Waals surface area contributed by atoms with Gasteiger partial charge >= 0.3 is 0 Å². The normalized spacial score (nSPS) is 18.0. The Morgan fingerprint density at radius 3 is 2.41 bits per heavy atom. The molecule has 5 nitrogen and oxygen atoms in total. The molecule has 2 aromatic carbocycles. The van der Waals surface area contributed by atoms with Crippen LogP contribution in [0.4, 0.5) is 5.69 Å². The minimum Gasteiger partial charge on any atom is -0.369 e. The van der Waals surface area contributed by atoms with Gasteiger partial charge < -0.3 is 9.88 Å². The van der Waals surface area contributed by atoms with Crippen LogP contribution in [0.1, 0.15) is 79.8 Å². The Hall–Kier alpha value is -3.10. The maximum Gasteiger partial charge on any atom is 0.195 e. The Morgan fingerprint density at radius 2 is 1.79 bits per heavy atom. The van der Waals surface area contributed by atoms with Gasteiger partial charge in [-0.15, -0.1) is 0 Å². The molecule has 1 aliphatic heterocycles. The first-order valence-electron chi connectivity index (χ1n) is 12.3. The summed E-state index contributed by atoms with van der Waals surface area (Å²) < 4.78 is 0. The van der Waals surface area contributed by atoms with Crippen molar-refractivity contribution in [2.45, 2.75) is 58.9 Å². The number of hydrogen-bond acceptors (Lipinski definition) is 4. The lowest BCUT2D eigenvalue weighted by Gasteiger charge is -2.44. The number of aromatic amines is 1. The van der Waals surface area contributed by atoms with E-state index in [1.807, 2.05) is 12.1 Å². The summed E-state index contributed by atoms with van der Waals surface area (Å²) in [7, 11) is 0. The smallest absolute Gasteiger partial charge is 0.195 e. The molecule has 0 amide bonds. The van der Waals surface area contributed by atoms with E-state index >= 15 is 0 Å². The number of ketones is 1. The first-order valence-corrected chi connectivity index (χ1v) is 12.3. The third kappa shape index (κ3) is 3.35. The molecule has 0 spiro atoms. The standard InChI is InChI=1S/C29H34N4O/c1-7-19-15-21-22(16-24(19)32-10-12-33(13-11-32)28(2,3)4)29(5,6)27-25(26(21)34)20-9-8-18(17-30)14-23(20)31-27/h8-9,14-16,31H,7,10-13H2,1-6H3. The largest absolute Gasteiger partial charge is 0.369 e. The van der Waals surface area contributed by atoms with Crippen molar-refractivity contribution in [3.05, 3.63) is 63.8 Å². The number of anilines is 1. The highest BCUT2D eigenvalue weighted by Gasteiger charge is 2.40. The molecule has 0 unspecified atom stereocenters. The minimum atomic E-state index is -0.349. The topological polar surface area (TPSA) is 63.1 Å². The van der Waals surface area contributed by atoms with Crippen LogP contribution in [0, 0.1) is 11.3 Å². The Morgan fingerprint density at radius 1 is 1.09 bits per heavy atom. The van der Waals surface area contributed by atoms with Crippen molar-refractivity contribution < 1.29 is 4.79 Å². The summed E-state index contributed by atoms with van der Waals surface area (Å²) in [5.74, 6) is 0.0825. The lowest BCUT2D eigenvalue weighted by Crippen LogP contribution is -2.53. The number of nitriles is 1. The maximum absolute atomic E-state index is 13.8. The molecular formula is C29H34N4O. The van der Waals surface area contributed by atoms with Crippen LogP contribution in [0.2, 0.25) is 0 Å². The van der Waals surface area contributed by atoms with E-state index in [0.29, 0.717) is 5.56 Å². The molecule has 0 atom stereocenters. The molecule has 34 heavy (non-hydrogen) atoms. The summed E-state index contributed by atoms with van der Waals surface area (Å²) >= 11 is 0. The lowest BCUT2D eigenvalue weighted by atomic mass is 9.70. The van der Waals surface area contributed by atoms with E-state index in [0.717, 1.165) is 65.9 Å². The summed E-state index contributed by atoms with van der Waals surface area (Å²) in [5, 5.41) is 10.2. The Balaban J connectivity index is 1.61. The molecule has 0 bridgehead atoms. The molecule has 2 aliphatic rings. The van der Waals surface area contributed by atoms with Crippen molar-refractivity contribution in [1.82, 2.24) is 9.88 Å². The average molecular weight is 455 g/mol. The lowest BCUT2D eigenvalue weighted by molar-refractivity contribution is 0.103. The summed E-state index contributed by atoms with van der Waals surface area (Å²) in [6.07, 6.45) is 0.891. The zero-order valence-corrected chi connectivity index (χ0v) is 21.2. The van der Waals surface area contributed by atoms with E-state index < -0.39 is 0 Å². The number of hydrogen-bond donors (Lipinski definition) is 1. The molecule has 0 radical (unpaired) electrons. The fourth-order valence-electron chi connectivity index (χ4n) is 5.77. The third-order valence-corrected chi connectivity index (χ3v) is 7.87. The van der Waals surface area contributed by atoms with Crippen LogP contribution in [-0.4, -0.2) is 47.4 Å². The highest BCUT2D eigenvalue weighted by atomic mass is 16.1. The van der Waals surface area contributed by atoms with Gasteiger partial charge in [0.25, 0.3) is 0 Å². The quantitative estimate of drug-likeness (QED) is 0.564. The highest BCUT2D eigenvalue weighted by Crippen LogP contribution is 2.45. The van der Waals surface area contributed by atoms with E-state index in [1.165, 1.54) is 11.3 Å². The van der Waals surface area contributed by atoms with Gasteiger partial charge in [0.05, 0.1) is 17.2 Å². The van der Waals surface area contributed by atoms with Crippen molar-refractivity contribution in [3.63, 3.8) is 0 Å². The van der Waals surface area contributed by atoms with Crippen LogP contribution >= 0.6 is 0 Å². The summed E-state index contributed by atoms with van der Waals surface area (Å²) in [6, 6.07) is 12.2. The monoisotopic (exact) mass is 454 g/mol. The molecule has 176 valence electrons. The molecule has 1 aromatic heterocycles. The van der Waals surface area contributed by atoms with E-state index in [2.05, 4.69) is 74.5 Å². The average Bonchev–Trinajstić information content (AvgIpc) is 3.21. The van der Waals surface area contributed by atoms with Gasteiger partial charge in [0, 0.05) is 65.0 Å². The van der Waals surface area contributed by atoms with Crippen LogP contribution in [-0.2, 0) is 11.8 Å². The molecule has 1 saturated heterocycles. The fraction of sp³-hybridized carbons (Fsp3) is 0.448.